The van der Waals surface area contributed by atoms with E-state index in [0.717, 1.165) is 19.3 Å². The Morgan fingerprint density at radius 1 is 1.29 bits per heavy atom. The number of hydrogen-bond acceptors (Lipinski definition) is 2. The minimum absolute atomic E-state index is 0.0726. The van der Waals surface area contributed by atoms with E-state index in [9.17, 15) is 4.79 Å². The minimum atomic E-state index is 0.0726. The Morgan fingerprint density at radius 2 is 1.95 bits per heavy atom. The lowest BCUT2D eigenvalue weighted by Gasteiger charge is -2.40. The van der Waals surface area contributed by atoms with Gasteiger partial charge in [-0.15, -0.1) is 0 Å². The summed E-state index contributed by atoms with van der Waals surface area (Å²) in [6, 6.07) is 10.4. The third-order valence-electron chi connectivity index (χ3n) is 4.63. The summed E-state index contributed by atoms with van der Waals surface area (Å²) in [5, 5.41) is 3.23. The van der Waals surface area contributed by atoms with Gasteiger partial charge < -0.3 is 11.1 Å². The Labute approximate surface area is 128 Å². The summed E-state index contributed by atoms with van der Waals surface area (Å²) in [6.07, 6.45) is 4.93. The quantitative estimate of drug-likeness (QED) is 0.808. The second kappa shape index (κ2) is 7.08. The Balaban J connectivity index is 1.99. The van der Waals surface area contributed by atoms with Crippen molar-refractivity contribution in [2.75, 3.05) is 6.54 Å². The smallest absolute Gasteiger partial charge is 0.221 e. The van der Waals surface area contributed by atoms with E-state index in [1.807, 2.05) is 18.2 Å². The molecule has 0 spiro atoms. The molecule has 2 rings (SSSR count). The number of nitrogens with one attached hydrogen (secondary N) is 1. The summed E-state index contributed by atoms with van der Waals surface area (Å²) in [5.74, 6) is 0.692. The summed E-state index contributed by atoms with van der Waals surface area (Å²) < 4.78 is 0. The maximum Gasteiger partial charge on any atom is 0.221 e. The van der Waals surface area contributed by atoms with Gasteiger partial charge in [0.15, 0.2) is 0 Å². The van der Waals surface area contributed by atoms with Crippen LogP contribution in [0.15, 0.2) is 30.3 Å². The van der Waals surface area contributed by atoms with Crippen LogP contribution >= 0.6 is 0 Å². The number of hydrogen-bond donors (Lipinski definition) is 2. The van der Waals surface area contributed by atoms with Gasteiger partial charge in [-0.05, 0) is 42.7 Å². The molecule has 3 N–H and O–H groups in total. The highest BCUT2D eigenvalue weighted by molar-refractivity contribution is 5.77. The molecule has 1 aliphatic rings. The van der Waals surface area contributed by atoms with Crippen LogP contribution in [-0.2, 0) is 4.79 Å². The van der Waals surface area contributed by atoms with E-state index in [0.29, 0.717) is 18.9 Å². The van der Waals surface area contributed by atoms with Crippen LogP contribution < -0.4 is 11.1 Å². The van der Waals surface area contributed by atoms with Crippen LogP contribution in [0.25, 0.3) is 0 Å². The topological polar surface area (TPSA) is 55.1 Å². The van der Waals surface area contributed by atoms with E-state index in [4.69, 9.17) is 5.73 Å². The summed E-state index contributed by atoms with van der Waals surface area (Å²) in [6.45, 7) is 5.01. The lowest BCUT2D eigenvalue weighted by Crippen LogP contribution is -2.42. The number of rotatable bonds is 7. The molecule has 0 heterocycles. The molecule has 3 heteroatoms. The van der Waals surface area contributed by atoms with Crippen LogP contribution in [0.5, 0.6) is 0 Å². The van der Waals surface area contributed by atoms with Crippen molar-refractivity contribution in [3.8, 4) is 0 Å². The molecule has 0 aliphatic heterocycles. The van der Waals surface area contributed by atoms with E-state index >= 15 is 0 Å². The third-order valence-corrected chi connectivity index (χ3v) is 4.63. The Bertz CT molecular complexity index is 446. The highest BCUT2D eigenvalue weighted by Gasteiger charge is 2.37. The molecular weight excluding hydrogens is 260 g/mol. The molecule has 3 nitrogen and oxygen atoms in total. The van der Waals surface area contributed by atoms with Crippen LogP contribution in [0, 0.1) is 11.3 Å². The maximum absolute atomic E-state index is 12.4. The zero-order valence-corrected chi connectivity index (χ0v) is 13.3. The zero-order chi connectivity index (χ0) is 15.3. The molecule has 1 atom stereocenters. The molecule has 1 aromatic rings. The fourth-order valence-corrected chi connectivity index (χ4v) is 3.15. The normalized spacial score (nSPS) is 18.1. The van der Waals surface area contributed by atoms with Crippen molar-refractivity contribution < 1.29 is 4.79 Å². The van der Waals surface area contributed by atoms with E-state index in [2.05, 4.69) is 31.3 Å². The lowest BCUT2D eigenvalue weighted by atomic mass is 9.66. The van der Waals surface area contributed by atoms with Crippen LogP contribution in [0.4, 0.5) is 0 Å². The van der Waals surface area contributed by atoms with Crippen molar-refractivity contribution in [3.63, 3.8) is 0 Å². The number of nitrogens with two attached hydrogens (primary N) is 1. The predicted octanol–water partition coefficient (Wildman–Crippen LogP) is 3.41. The average Bonchev–Trinajstić information content (AvgIpc) is 2.43. The third kappa shape index (κ3) is 4.31. The van der Waals surface area contributed by atoms with Crippen molar-refractivity contribution in [1.82, 2.24) is 5.32 Å². The second-order valence-corrected chi connectivity index (χ2v) is 6.89. The molecule has 1 aliphatic carbocycles. The highest BCUT2D eigenvalue weighted by atomic mass is 16.1. The SMILES string of the molecule is CC(C)CC(NC(=O)CC1(CN)CCC1)c1ccccc1. The van der Waals surface area contributed by atoms with Crippen molar-refractivity contribution in [2.24, 2.45) is 17.1 Å². The lowest BCUT2D eigenvalue weighted by molar-refractivity contribution is -0.125. The first-order valence-electron chi connectivity index (χ1n) is 8.09. The first-order valence-corrected chi connectivity index (χ1v) is 8.09. The van der Waals surface area contributed by atoms with Gasteiger partial charge in [0.1, 0.15) is 0 Å². The number of carbonyl (C=O) groups is 1. The van der Waals surface area contributed by atoms with Crippen LogP contribution in [0.3, 0.4) is 0 Å². The van der Waals surface area contributed by atoms with Gasteiger partial charge in [0.05, 0.1) is 6.04 Å². The molecule has 0 radical (unpaired) electrons. The van der Waals surface area contributed by atoms with Gasteiger partial charge >= 0.3 is 0 Å². The van der Waals surface area contributed by atoms with E-state index in [-0.39, 0.29) is 17.4 Å². The molecule has 1 aromatic carbocycles. The predicted molar refractivity (Wildman–Crippen MR) is 86.7 cm³/mol. The highest BCUT2D eigenvalue weighted by Crippen LogP contribution is 2.43. The van der Waals surface area contributed by atoms with Gasteiger partial charge in [-0.3, -0.25) is 4.79 Å². The second-order valence-electron chi connectivity index (χ2n) is 6.89. The van der Waals surface area contributed by atoms with Gasteiger partial charge in [0, 0.05) is 6.42 Å². The average molecular weight is 288 g/mol. The molecule has 21 heavy (non-hydrogen) atoms. The first-order chi connectivity index (χ1) is 10.0. The molecule has 116 valence electrons. The monoisotopic (exact) mass is 288 g/mol. The van der Waals surface area contributed by atoms with E-state index in [1.165, 1.54) is 12.0 Å². The Kier molecular flexibility index (Phi) is 5.40. The zero-order valence-electron chi connectivity index (χ0n) is 13.3. The van der Waals surface area contributed by atoms with Gasteiger partial charge in [-0.25, -0.2) is 0 Å². The van der Waals surface area contributed by atoms with Gasteiger partial charge in [0.25, 0.3) is 0 Å². The molecule has 0 bridgehead atoms. The molecular formula is C18H28N2O. The fraction of sp³-hybridized carbons (Fsp3) is 0.611. The summed E-state index contributed by atoms with van der Waals surface area (Å²) in [4.78, 5) is 12.4. The Hall–Kier alpha value is -1.35. The van der Waals surface area contributed by atoms with Crippen molar-refractivity contribution in [2.45, 2.75) is 52.0 Å². The molecule has 0 aromatic heterocycles. The summed E-state index contributed by atoms with van der Waals surface area (Å²) >= 11 is 0. The van der Waals surface area contributed by atoms with Crippen molar-refractivity contribution in [1.29, 1.82) is 0 Å². The number of carbonyl (C=O) groups excluding carboxylic acids is 1. The number of amides is 1. The van der Waals surface area contributed by atoms with E-state index in [1.54, 1.807) is 0 Å². The molecule has 1 amide bonds. The first kappa shape index (κ1) is 16.0. The summed E-state index contributed by atoms with van der Waals surface area (Å²) in [7, 11) is 0. The van der Waals surface area contributed by atoms with Crippen LogP contribution in [0.2, 0.25) is 0 Å². The number of benzene rings is 1. The fourth-order valence-electron chi connectivity index (χ4n) is 3.15. The maximum atomic E-state index is 12.4. The van der Waals surface area contributed by atoms with Gasteiger partial charge in [-0.2, -0.15) is 0 Å². The van der Waals surface area contributed by atoms with Crippen LogP contribution in [-0.4, -0.2) is 12.5 Å². The minimum Gasteiger partial charge on any atom is -0.349 e. The molecule has 1 saturated carbocycles. The molecule has 1 unspecified atom stereocenters. The van der Waals surface area contributed by atoms with Crippen LogP contribution in [0.1, 0.15) is 57.6 Å². The van der Waals surface area contributed by atoms with Crippen molar-refractivity contribution >= 4 is 5.91 Å². The largest absolute Gasteiger partial charge is 0.349 e. The standard InChI is InChI=1S/C18H28N2O/c1-14(2)11-16(15-7-4-3-5-8-15)20-17(21)12-18(13-19)9-6-10-18/h3-5,7-8,14,16H,6,9-13,19H2,1-2H3,(H,20,21). The molecule has 1 fully saturated rings. The van der Waals surface area contributed by atoms with Gasteiger partial charge in [0.2, 0.25) is 5.91 Å². The Morgan fingerprint density at radius 3 is 2.43 bits per heavy atom. The van der Waals surface area contributed by atoms with Crippen molar-refractivity contribution in [3.05, 3.63) is 35.9 Å². The van der Waals surface area contributed by atoms with Gasteiger partial charge in [-0.1, -0.05) is 50.6 Å². The molecule has 0 saturated heterocycles. The van der Waals surface area contributed by atoms with E-state index < -0.39 is 0 Å². The summed E-state index contributed by atoms with van der Waals surface area (Å²) in [5.41, 5.74) is 7.12.